The molecule has 4 aliphatic carbocycles. The summed E-state index contributed by atoms with van der Waals surface area (Å²) in [5.74, 6) is 0.551. The first-order chi connectivity index (χ1) is 16.6. The second kappa shape index (κ2) is 8.47. The highest BCUT2D eigenvalue weighted by molar-refractivity contribution is 5.71. The van der Waals surface area contributed by atoms with Gasteiger partial charge in [0.05, 0.1) is 6.04 Å². The standard InChI is InChI=1S/C33H33N/c1-33(2)31-16-10-9-15-29(31)30-22-19-25(23-32(30)33)24-17-20-28(21-18-24)34(26-11-5-3-6-12-26)27-13-7-4-8-14-27/h3-7,9-11,13,16-23,26,29H,8,12,14-15H2,1-2H3. The van der Waals surface area contributed by atoms with Gasteiger partial charge in [-0.2, -0.15) is 0 Å². The molecular formula is C33H33N. The van der Waals surface area contributed by atoms with E-state index in [9.17, 15) is 0 Å². The molecule has 34 heavy (non-hydrogen) atoms. The van der Waals surface area contributed by atoms with Gasteiger partial charge in [0.25, 0.3) is 0 Å². The maximum absolute atomic E-state index is 2.53. The van der Waals surface area contributed by atoms with Crippen LogP contribution in [0.15, 0.2) is 114 Å². The number of benzene rings is 2. The predicted octanol–water partition coefficient (Wildman–Crippen LogP) is 8.54. The molecule has 1 heteroatoms. The van der Waals surface area contributed by atoms with E-state index in [0.717, 1.165) is 25.7 Å². The molecule has 2 unspecified atom stereocenters. The Morgan fingerprint density at radius 1 is 0.794 bits per heavy atom. The van der Waals surface area contributed by atoms with Crippen LogP contribution >= 0.6 is 0 Å². The quantitative estimate of drug-likeness (QED) is 0.457. The summed E-state index contributed by atoms with van der Waals surface area (Å²) in [4.78, 5) is 2.53. The summed E-state index contributed by atoms with van der Waals surface area (Å²) in [6, 6.07) is 16.8. The molecule has 6 rings (SSSR count). The van der Waals surface area contributed by atoms with Crippen LogP contribution in [0.4, 0.5) is 5.69 Å². The van der Waals surface area contributed by atoms with Gasteiger partial charge in [-0.3, -0.25) is 0 Å². The summed E-state index contributed by atoms with van der Waals surface area (Å²) in [6.45, 7) is 4.78. The Kier molecular flexibility index (Phi) is 5.29. The summed E-state index contributed by atoms with van der Waals surface area (Å²) in [5.41, 5.74) is 9.97. The molecule has 0 spiro atoms. The van der Waals surface area contributed by atoms with Crippen LogP contribution < -0.4 is 4.90 Å². The molecule has 2 aromatic rings. The van der Waals surface area contributed by atoms with Gasteiger partial charge in [0.2, 0.25) is 0 Å². The minimum absolute atomic E-state index is 0.0965. The van der Waals surface area contributed by atoms with Crippen LogP contribution in [-0.2, 0) is 5.41 Å². The fourth-order valence-electron chi connectivity index (χ4n) is 6.24. The number of nitrogens with zero attached hydrogens (tertiary/aromatic N) is 1. The molecule has 0 bridgehead atoms. The van der Waals surface area contributed by atoms with E-state index in [2.05, 4.69) is 122 Å². The molecular weight excluding hydrogens is 410 g/mol. The fraction of sp³-hybridized carbons (Fsp3) is 0.273. The van der Waals surface area contributed by atoms with E-state index < -0.39 is 0 Å². The van der Waals surface area contributed by atoms with Crippen molar-refractivity contribution in [3.63, 3.8) is 0 Å². The van der Waals surface area contributed by atoms with Crippen LogP contribution in [0.2, 0.25) is 0 Å². The minimum atomic E-state index is 0.0965. The third kappa shape index (κ3) is 3.55. The first-order valence-corrected chi connectivity index (χ1v) is 12.7. The van der Waals surface area contributed by atoms with Gasteiger partial charge < -0.3 is 4.90 Å². The molecule has 0 heterocycles. The molecule has 1 nitrogen and oxygen atoms in total. The van der Waals surface area contributed by atoms with E-state index in [0.29, 0.717) is 12.0 Å². The highest BCUT2D eigenvalue weighted by Gasteiger charge is 2.41. The van der Waals surface area contributed by atoms with Gasteiger partial charge in [-0.05, 0) is 72.2 Å². The van der Waals surface area contributed by atoms with E-state index in [1.165, 1.54) is 33.6 Å². The van der Waals surface area contributed by atoms with E-state index in [4.69, 9.17) is 0 Å². The van der Waals surface area contributed by atoms with Crippen LogP contribution in [0.25, 0.3) is 11.1 Å². The molecule has 4 aliphatic rings. The van der Waals surface area contributed by atoms with Crippen molar-refractivity contribution in [1.29, 1.82) is 0 Å². The molecule has 2 atom stereocenters. The SMILES string of the molecule is CC1(C)C2=CC=CCC2c2ccc(-c3ccc(N(C4=CC=CCC4)C4C=CC=CC4)cc3)cc21. The zero-order valence-corrected chi connectivity index (χ0v) is 20.2. The number of rotatable bonds is 4. The van der Waals surface area contributed by atoms with Crippen molar-refractivity contribution in [2.24, 2.45) is 0 Å². The lowest BCUT2D eigenvalue weighted by Gasteiger charge is -2.35. The van der Waals surface area contributed by atoms with E-state index in [-0.39, 0.29) is 5.41 Å². The Morgan fingerprint density at radius 3 is 2.35 bits per heavy atom. The third-order valence-electron chi connectivity index (χ3n) is 8.05. The highest BCUT2D eigenvalue weighted by Crippen LogP contribution is 2.53. The molecule has 0 aliphatic heterocycles. The molecule has 0 fully saturated rings. The minimum Gasteiger partial charge on any atom is -0.338 e. The van der Waals surface area contributed by atoms with Gasteiger partial charge in [-0.25, -0.2) is 0 Å². The number of hydrogen-bond acceptors (Lipinski definition) is 1. The van der Waals surface area contributed by atoms with Crippen molar-refractivity contribution in [1.82, 2.24) is 0 Å². The maximum atomic E-state index is 2.53. The van der Waals surface area contributed by atoms with Crippen molar-refractivity contribution in [3.8, 4) is 11.1 Å². The van der Waals surface area contributed by atoms with E-state index in [1.807, 2.05) is 0 Å². The van der Waals surface area contributed by atoms with Gasteiger partial charge in [-0.15, -0.1) is 0 Å². The summed E-state index contributed by atoms with van der Waals surface area (Å²) in [6.07, 6.45) is 27.0. The Bertz CT molecular complexity index is 1280. The van der Waals surface area contributed by atoms with Crippen LogP contribution in [0, 0.1) is 0 Å². The molecule has 0 radical (unpaired) electrons. The average Bonchev–Trinajstić information content (AvgIpc) is 3.12. The Balaban J connectivity index is 1.33. The lowest BCUT2D eigenvalue weighted by molar-refractivity contribution is 0.612. The molecule has 170 valence electrons. The monoisotopic (exact) mass is 443 g/mol. The Hall–Kier alpha value is -3.32. The van der Waals surface area contributed by atoms with Crippen molar-refractivity contribution >= 4 is 5.69 Å². The lowest BCUT2D eigenvalue weighted by atomic mass is 9.79. The van der Waals surface area contributed by atoms with Gasteiger partial charge in [0, 0.05) is 22.7 Å². The van der Waals surface area contributed by atoms with Gasteiger partial charge in [0.15, 0.2) is 0 Å². The topological polar surface area (TPSA) is 3.24 Å². The smallest absolute Gasteiger partial charge is 0.0556 e. The van der Waals surface area contributed by atoms with E-state index in [1.54, 1.807) is 5.57 Å². The third-order valence-corrected chi connectivity index (χ3v) is 8.05. The predicted molar refractivity (Wildman–Crippen MR) is 145 cm³/mol. The second-order valence-corrected chi connectivity index (χ2v) is 10.4. The first kappa shape index (κ1) is 21.2. The summed E-state index contributed by atoms with van der Waals surface area (Å²) in [5, 5.41) is 0. The molecule has 2 aromatic carbocycles. The molecule has 0 amide bonds. The average molecular weight is 444 g/mol. The van der Waals surface area contributed by atoms with Crippen molar-refractivity contribution in [2.45, 2.75) is 56.9 Å². The van der Waals surface area contributed by atoms with Gasteiger partial charge >= 0.3 is 0 Å². The van der Waals surface area contributed by atoms with Crippen LogP contribution in [0.5, 0.6) is 0 Å². The number of fused-ring (bicyclic) bond motifs is 3. The summed E-state index contributed by atoms with van der Waals surface area (Å²) in [7, 11) is 0. The van der Waals surface area contributed by atoms with Crippen LogP contribution in [0.3, 0.4) is 0 Å². The number of hydrogen-bond donors (Lipinski definition) is 0. The second-order valence-electron chi connectivity index (χ2n) is 10.4. The zero-order chi connectivity index (χ0) is 23.1. The number of anilines is 1. The molecule has 0 aromatic heterocycles. The van der Waals surface area contributed by atoms with Gasteiger partial charge in [0.1, 0.15) is 0 Å². The van der Waals surface area contributed by atoms with Crippen LogP contribution in [-0.4, -0.2) is 6.04 Å². The first-order valence-electron chi connectivity index (χ1n) is 12.7. The molecule has 0 N–H and O–H groups in total. The Morgan fingerprint density at radius 2 is 1.59 bits per heavy atom. The van der Waals surface area contributed by atoms with Crippen LogP contribution in [0.1, 0.15) is 56.6 Å². The van der Waals surface area contributed by atoms with Crippen molar-refractivity contribution in [3.05, 3.63) is 126 Å². The maximum Gasteiger partial charge on any atom is 0.0556 e. The largest absolute Gasteiger partial charge is 0.338 e. The van der Waals surface area contributed by atoms with Crippen molar-refractivity contribution in [2.75, 3.05) is 4.90 Å². The van der Waals surface area contributed by atoms with E-state index >= 15 is 0 Å². The zero-order valence-electron chi connectivity index (χ0n) is 20.2. The molecule has 0 saturated carbocycles. The lowest BCUT2D eigenvalue weighted by Crippen LogP contribution is -2.33. The summed E-state index contributed by atoms with van der Waals surface area (Å²) < 4.78 is 0. The molecule has 0 saturated heterocycles. The highest BCUT2D eigenvalue weighted by atomic mass is 15.2. The fourth-order valence-corrected chi connectivity index (χ4v) is 6.24. The van der Waals surface area contributed by atoms with Gasteiger partial charge in [-0.1, -0.05) is 98.4 Å². The number of allylic oxidation sites excluding steroid dienone is 10. The normalized spacial score (nSPS) is 23.8. The summed E-state index contributed by atoms with van der Waals surface area (Å²) >= 11 is 0. The van der Waals surface area contributed by atoms with Crippen molar-refractivity contribution < 1.29 is 0 Å². The Labute approximate surface area is 204 Å².